The van der Waals surface area contributed by atoms with Crippen molar-refractivity contribution in [1.82, 2.24) is 4.98 Å². The van der Waals surface area contributed by atoms with Gasteiger partial charge in [0.1, 0.15) is 0 Å². The second-order valence-corrected chi connectivity index (χ2v) is 6.56. The van der Waals surface area contributed by atoms with Gasteiger partial charge in [0.15, 0.2) is 6.61 Å². The lowest BCUT2D eigenvalue weighted by molar-refractivity contribution is 0.0473. The zero-order chi connectivity index (χ0) is 18.7. The number of hydrogen-bond donors (Lipinski definition) is 1. The van der Waals surface area contributed by atoms with Crippen LogP contribution in [0, 0.1) is 13.8 Å². The van der Waals surface area contributed by atoms with Crippen molar-refractivity contribution in [2.24, 2.45) is 0 Å². The maximum absolute atomic E-state index is 12.3. The van der Waals surface area contributed by atoms with E-state index in [-0.39, 0.29) is 16.3 Å². The predicted molar refractivity (Wildman–Crippen MR) is 95.4 cm³/mol. The van der Waals surface area contributed by atoms with Crippen LogP contribution >= 0.6 is 27.5 Å². The van der Waals surface area contributed by atoms with Gasteiger partial charge in [0.2, 0.25) is 5.78 Å². The molecule has 1 N–H and O–H groups in total. The molecule has 1 aromatic carbocycles. The number of hydrogen-bond acceptors (Lipinski definition) is 5. The first kappa shape index (κ1) is 19.2. The number of ketones is 1. The van der Waals surface area contributed by atoms with E-state index in [0.717, 1.165) is 0 Å². The molecule has 6 nitrogen and oxygen atoms in total. The number of esters is 2. The van der Waals surface area contributed by atoms with E-state index < -0.39 is 24.3 Å². The molecular formula is C17H15BrClNO5. The average Bonchev–Trinajstić information content (AvgIpc) is 2.88. The van der Waals surface area contributed by atoms with Crippen molar-refractivity contribution < 1.29 is 23.9 Å². The smallest absolute Gasteiger partial charge is 0.340 e. The Morgan fingerprint density at radius 1 is 1.20 bits per heavy atom. The first-order valence-corrected chi connectivity index (χ1v) is 8.36. The minimum atomic E-state index is -0.714. The van der Waals surface area contributed by atoms with Gasteiger partial charge < -0.3 is 14.5 Å². The number of benzene rings is 1. The summed E-state index contributed by atoms with van der Waals surface area (Å²) in [6.45, 7) is 2.79. The highest BCUT2D eigenvalue weighted by Gasteiger charge is 2.23. The Kier molecular flexibility index (Phi) is 6.02. The molecule has 1 heterocycles. The van der Waals surface area contributed by atoms with E-state index in [1.165, 1.54) is 13.2 Å². The number of ether oxygens (including phenoxy) is 2. The Bertz CT molecular complexity index is 859. The summed E-state index contributed by atoms with van der Waals surface area (Å²) in [5, 5.41) is 0.223. The number of nitrogens with one attached hydrogen (secondary N) is 1. The fourth-order valence-corrected chi connectivity index (χ4v) is 2.93. The van der Waals surface area contributed by atoms with E-state index in [4.69, 9.17) is 21.1 Å². The van der Waals surface area contributed by atoms with Gasteiger partial charge in [-0.1, -0.05) is 27.5 Å². The molecule has 0 atom stereocenters. The molecule has 0 radical (unpaired) electrons. The summed E-state index contributed by atoms with van der Waals surface area (Å²) in [7, 11) is 1.26. The van der Waals surface area contributed by atoms with Crippen LogP contribution in [0.2, 0.25) is 5.02 Å². The first-order valence-electron chi connectivity index (χ1n) is 7.19. The monoisotopic (exact) mass is 427 g/mol. The molecule has 8 heteroatoms. The third-order valence-electron chi connectivity index (χ3n) is 3.59. The SMILES string of the molecule is COC(=O)c1c(C)[nH]c(C(=O)COC(=O)c2cc(Br)ccc2Cl)c1C. The quantitative estimate of drug-likeness (QED) is 0.577. The normalized spacial score (nSPS) is 10.4. The van der Waals surface area contributed by atoms with Gasteiger partial charge in [-0.2, -0.15) is 0 Å². The second kappa shape index (κ2) is 7.84. The molecule has 132 valence electrons. The zero-order valence-corrected chi connectivity index (χ0v) is 16.1. The number of Topliss-reactive ketones (excluding diaryl/α,β-unsaturated/α-hetero) is 1. The summed E-state index contributed by atoms with van der Waals surface area (Å²) in [6.07, 6.45) is 0. The zero-order valence-electron chi connectivity index (χ0n) is 13.7. The van der Waals surface area contributed by atoms with Crippen molar-refractivity contribution in [3.63, 3.8) is 0 Å². The molecule has 0 aliphatic rings. The van der Waals surface area contributed by atoms with E-state index in [2.05, 4.69) is 20.9 Å². The molecule has 2 aromatic rings. The first-order chi connectivity index (χ1) is 11.8. The summed E-state index contributed by atoms with van der Waals surface area (Å²) in [6, 6.07) is 4.74. The lowest BCUT2D eigenvalue weighted by Crippen LogP contribution is -2.16. The van der Waals surface area contributed by atoms with Crippen molar-refractivity contribution in [2.75, 3.05) is 13.7 Å². The van der Waals surface area contributed by atoms with Gasteiger partial charge in [-0.15, -0.1) is 0 Å². The molecule has 0 aliphatic carbocycles. The van der Waals surface area contributed by atoms with E-state index in [1.807, 2.05) is 0 Å². The lowest BCUT2D eigenvalue weighted by Gasteiger charge is -2.06. The van der Waals surface area contributed by atoms with Crippen LogP contribution in [0.25, 0.3) is 0 Å². The summed E-state index contributed by atoms with van der Waals surface area (Å²) in [5.41, 5.74) is 1.61. The van der Waals surface area contributed by atoms with E-state index in [9.17, 15) is 14.4 Å². The lowest BCUT2D eigenvalue weighted by atomic mass is 10.1. The Labute approximate surface area is 157 Å². The summed E-state index contributed by atoms with van der Waals surface area (Å²) >= 11 is 9.20. The third kappa shape index (κ3) is 4.11. The summed E-state index contributed by atoms with van der Waals surface area (Å²) < 4.78 is 10.4. The van der Waals surface area contributed by atoms with Crippen molar-refractivity contribution in [3.05, 3.63) is 55.8 Å². The van der Waals surface area contributed by atoms with Gasteiger partial charge in [-0.05, 0) is 37.6 Å². The molecule has 0 saturated heterocycles. The van der Waals surface area contributed by atoms with Crippen LogP contribution in [0.15, 0.2) is 22.7 Å². The van der Waals surface area contributed by atoms with E-state index in [1.54, 1.807) is 26.0 Å². The predicted octanol–water partition coefficient (Wildman–Crippen LogP) is 3.87. The number of halogens is 2. The maximum atomic E-state index is 12.3. The molecule has 0 saturated carbocycles. The van der Waals surface area contributed by atoms with Gasteiger partial charge in [-0.3, -0.25) is 4.79 Å². The fourth-order valence-electron chi connectivity index (χ4n) is 2.37. The van der Waals surface area contributed by atoms with Crippen LogP contribution < -0.4 is 0 Å². The second-order valence-electron chi connectivity index (χ2n) is 5.24. The molecule has 0 spiro atoms. The van der Waals surface area contributed by atoms with E-state index >= 15 is 0 Å². The molecule has 0 amide bonds. The Hall–Kier alpha value is -2.12. The average molecular weight is 429 g/mol. The fraction of sp³-hybridized carbons (Fsp3) is 0.235. The summed E-state index contributed by atoms with van der Waals surface area (Å²) in [5.74, 6) is -1.72. The molecular weight excluding hydrogens is 414 g/mol. The Morgan fingerprint density at radius 2 is 1.88 bits per heavy atom. The van der Waals surface area contributed by atoms with Crippen LogP contribution in [0.5, 0.6) is 0 Å². The number of carbonyl (C=O) groups is 3. The highest BCUT2D eigenvalue weighted by molar-refractivity contribution is 9.10. The molecule has 0 aliphatic heterocycles. The Morgan fingerprint density at radius 3 is 2.52 bits per heavy atom. The van der Waals surface area contributed by atoms with Crippen molar-refractivity contribution >= 4 is 45.3 Å². The molecule has 2 rings (SSSR count). The van der Waals surface area contributed by atoms with Crippen LogP contribution in [-0.4, -0.2) is 36.4 Å². The molecule has 0 fully saturated rings. The third-order valence-corrected chi connectivity index (χ3v) is 4.41. The number of rotatable bonds is 5. The van der Waals surface area contributed by atoms with Crippen molar-refractivity contribution in [2.45, 2.75) is 13.8 Å². The van der Waals surface area contributed by atoms with E-state index in [0.29, 0.717) is 21.3 Å². The molecule has 0 bridgehead atoms. The van der Waals surface area contributed by atoms with Crippen LogP contribution in [0.3, 0.4) is 0 Å². The number of aryl methyl sites for hydroxylation is 1. The summed E-state index contributed by atoms with van der Waals surface area (Å²) in [4.78, 5) is 39.0. The number of methoxy groups -OCH3 is 1. The highest BCUT2D eigenvalue weighted by atomic mass is 79.9. The number of aromatic amines is 1. The van der Waals surface area contributed by atoms with Gasteiger partial charge in [-0.25, -0.2) is 9.59 Å². The van der Waals surface area contributed by atoms with Crippen molar-refractivity contribution in [3.8, 4) is 0 Å². The maximum Gasteiger partial charge on any atom is 0.340 e. The number of H-pyrrole nitrogens is 1. The van der Waals surface area contributed by atoms with Crippen molar-refractivity contribution in [1.29, 1.82) is 0 Å². The number of aromatic nitrogens is 1. The largest absolute Gasteiger partial charge is 0.465 e. The molecule has 0 unspecified atom stereocenters. The molecule has 25 heavy (non-hydrogen) atoms. The van der Waals surface area contributed by atoms with Gasteiger partial charge in [0.25, 0.3) is 0 Å². The highest BCUT2D eigenvalue weighted by Crippen LogP contribution is 2.22. The minimum absolute atomic E-state index is 0.151. The van der Waals surface area contributed by atoms with Crippen LogP contribution in [-0.2, 0) is 9.47 Å². The van der Waals surface area contributed by atoms with Gasteiger partial charge in [0.05, 0.1) is 29.0 Å². The van der Waals surface area contributed by atoms with Crippen LogP contribution in [0.1, 0.15) is 42.5 Å². The number of carbonyl (C=O) groups excluding carboxylic acids is 3. The van der Waals surface area contributed by atoms with Gasteiger partial charge >= 0.3 is 11.9 Å². The van der Waals surface area contributed by atoms with Gasteiger partial charge in [0, 0.05) is 10.2 Å². The van der Waals surface area contributed by atoms with Crippen LogP contribution in [0.4, 0.5) is 0 Å². The topological polar surface area (TPSA) is 85.5 Å². The molecule has 1 aromatic heterocycles. The Balaban J connectivity index is 2.14. The standard InChI is InChI=1S/C17H15BrClNO5/c1-8-14(17(23)24-3)9(2)20-15(8)13(21)7-25-16(22)11-6-10(18)4-5-12(11)19/h4-6,20H,7H2,1-3H3. The minimum Gasteiger partial charge on any atom is -0.465 e.